The van der Waals surface area contributed by atoms with Gasteiger partial charge in [-0.15, -0.1) is 0 Å². The molecular formula is C29H44F2O5. The highest BCUT2D eigenvalue weighted by Crippen LogP contribution is 2.39. The van der Waals surface area contributed by atoms with Crippen molar-refractivity contribution in [3.05, 3.63) is 36.5 Å². The number of aliphatic hydroxyl groups excluding tert-OH is 1. The highest BCUT2D eigenvalue weighted by molar-refractivity contribution is 5.88. The molecule has 1 atom stereocenters. The van der Waals surface area contributed by atoms with Crippen LogP contribution in [0.15, 0.2) is 36.5 Å². The van der Waals surface area contributed by atoms with E-state index in [-0.39, 0.29) is 24.7 Å². The number of allylic oxidation sites excluding steroid dienone is 1. The quantitative estimate of drug-likeness (QED) is 0.206. The minimum absolute atomic E-state index is 0.0101. The molecule has 204 valence electrons. The third kappa shape index (κ3) is 10.9. The third-order valence-corrected chi connectivity index (χ3v) is 8.07. The van der Waals surface area contributed by atoms with Gasteiger partial charge in [-0.2, -0.15) is 8.78 Å². The van der Waals surface area contributed by atoms with E-state index >= 15 is 0 Å². The minimum atomic E-state index is -1.56. The summed E-state index contributed by atoms with van der Waals surface area (Å²) in [7, 11) is 0. The van der Waals surface area contributed by atoms with Crippen molar-refractivity contribution in [3.8, 4) is 0 Å². The van der Waals surface area contributed by atoms with Crippen LogP contribution in [0.3, 0.4) is 0 Å². The fraction of sp³-hybridized carbons (Fsp3) is 0.724. The predicted octanol–water partition coefficient (Wildman–Crippen LogP) is 6.77. The molecule has 0 spiro atoms. The lowest BCUT2D eigenvalue weighted by Gasteiger charge is -2.34. The molecule has 2 aliphatic rings. The highest BCUT2D eigenvalue weighted by Gasteiger charge is 2.30. The molecule has 0 bridgehead atoms. The number of rotatable bonds is 14. The molecule has 2 saturated carbocycles. The maximum atomic E-state index is 12.2. The van der Waals surface area contributed by atoms with Crippen LogP contribution in [-0.4, -0.2) is 36.9 Å². The van der Waals surface area contributed by atoms with Gasteiger partial charge in [-0.1, -0.05) is 64.5 Å². The summed E-state index contributed by atoms with van der Waals surface area (Å²) in [5.41, 5.74) is 0.346. The van der Waals surface area contributed by atoms with E-state index in [0.29, 0.717) is 29.7 Å². The Bertz CT molecular complexity index is 758. The summed E-state index contributed by atoms with van der Waals surface area (Å²) in [5.74, 6) is 1.16. The van der Waals surface area contributed by atoms with Crippen LogP contribution in [0.25, 0.3) is 0 Å². The SMILES string of the molecule is C=C(C)C(=O)OCC(COC(=O)C(=C)CO)C1CCC(CCC2CCC(CCC=C(F)F)CC2)CC1. The summed E-state index contributed by atoms with van der Waals surface area (Å²) in [6.07, 6.45) is 12.3. The Balaban J connectivity index is 1.74. The molecule has 2 fully saturated rings. The number of halogens is 2. The molecule has 0 heterocycles. The molecule has 1 unspecified atom stereocenters. The van der Waals surface area contributed by atoms with E-state index in [1.54, 1.807) is 6.92 Å². The fourth-order valence-electron chi connectivity index (χ4n) is 5.63. The molecule has 36 heavy (non-hydrogen) atoms. The van der Waals surface area contributed by atoms with Crippen LogP contribution in [-0.2, 0) is 19.1 Å². The number of ether oxygens (including phenoxy) is 2. The fourth-order valence-corrected chi connectivity index (χ4v) is 5.63. The van der Waals surface area contributed by atoms with Gasteiger partial charge in [0.1, 0.15) is 0 Å². The van der Waals surface area contributed by atoms with E-state index in [1.807, 2.05) is 0 Å². The van der Waals surface area contributed by atoms with Crippen molar-refractivity contribution >= 4 is 11.9 Å². The second-order valence-electron chi connectivity index (χ2n) is 10.8. The minimum Gasteiger partial charge on any atom is -0.462 e. The smallest absolute Gasteiger partial charge is 0.335 e. The van der Waals surface area contributed by atoms with Gasteiger partial charge in [0.2, 0.25) is 0 Å². The maximum Gasteiger partial charge on any atom is 0.335 e. The topological polar surface area (TPSA) is 72.8 Å². The summed E-state index contributed by atoms with van der Waals surface area (Å²) in [6.45, 7) is 8.59. The van der Waals surface area contributed by atoms with Crippen molar-refractivity contribution in [2.45, 2.75) is 84.0 Å². The van der Waals surface area contributed by atoms with Gasteiger partial charge >= 0.3 is 11.9 Å². The van der Waals surface area contributed by atoms with Crippen LogP contribution >= 0.6 is 0 Å². The molecule has 0 aliphatic heterocycles. The molecular weight excluding hydrogens is 466 g/mol. The lowest BCUT2D eigenvalue weighted by atomic mass is 9.73. The molecule has 5 nitrogen and oxygen atoms in total. The molecule has 0 aromatic rings. The molecule has 0 amide bonds. The van der Waals surface area contributed by atoms with E-state index in [0.717, 1.165) is 56.9 Å². The lowest BCUT2D eigenvalue weighted by molar-refractivity contribution is -0.146. The predicted molar refractivity (Wildman–Crippen MR) is 136 cm³/mol. The highest BCUT2D eigenvalue weighted by atomic mass is 19.3. The number of carbonyl (C=O) groups excluding carboxylic acids is 2. The van der Waals surface area contributed by atoms with E-state index < -0.39 is 24.6 Å². The van der Waals surface area contributed by atoms with Gasteiger partial charge in [-0.3, -0.25) is 0 Å². The van der Waals surface area contributed by atoms with Crippen molar-refractivity contribution in [2.75, 3.05) is 19.8 Å². The van der Waals surface area contributed by atoms with Crippen molar-refractivity contribution < 1.29 is 33.0 Å². The van der Waals surface area contributed by atoms with Gasteiger partial charge in [0.25, 0.3) is 6.08 Å². The van der Waals surface area contributed by atoms with Crippen molar-refractivity contribution in [1.82, 2.24) is 0 Å². The molecule has 0 radical (unpaired) electrons. The zero-order chi connectivity index (χ0) is 26.5. The van der Waals surface area contributed by atoms with Gasteiger partial charge in [-0.25, -0.2) is 9.59 Å². The van der Waals surface area contributed by atoms with Crippen LogP contribution < -0.4 is 0 Å². The molecule has 1 N–H and O–H groups in total. The second kappa shape index (κ2) is 16.0. The Morgan fingerprint density at radius 2 is 1.33 bits per heavy atom. The Labute approximate surface area is 215 Å². The number of hydrogen-bond donors (Lipinski definition) is 1. The second-order valence-corrected chi connectivity index (χ2v) is 10.8. The lowest BCUT2D eigenvalue weighted by Crippen LogP contribution is -2.31. The number of esters is 2. The number of hydrogen-bond acceptors (Lipinski definition) is 5. The first-order chi connectivity index (χ1) is 17.2. The Hall–Kier alpha value is -2.02. The number of aliphatic hydroxyl groups is 1. The van der Waals surface area contributed by atoms with E-state index in [9.17, 15) is 18.4 Å². The van der Waals surface area contributed by atoms with Gasteiger partial charge in [-0.05, 0) is 62.4 Å². The van der Waals surface area contributed by atoms with Gasteiger partial charge in [0.15, 0.2) is 0 Å². The zero-order valence-electron chi connectivity index (χ0n) is 21.8. The first kappa shape index (κ1) is 30.2. The maximum absolute atomic E-state index is 12.2. The average Bonchev–Trinajstić information content (AvgIpc) is 2.87. The summed E-state index contributed by atoms with van der Waals surface area (Å²) in [4.78, 5) is 23.9. The monoisotopic (exact) mass is 510 g/mol. The molecule has 2 aliphatic carbocycles. The van der Waals surface area contributed by atoms with Crippen molar-refractivity contribution in [3.63, 3.8) is 0 Å². The summed E-state index contributed by atoms with van der Waals surface area (Å²) < 4.78 is 35.2. The first-order valence-corrected chi connectivity index (χ1v) is 13.5. The summed E-state index contributed by atoms with van der Waals surface area (Å²) in [6, 6.07) is 0. The van der Waals surface area contributed by atoms with Gasteiger partial charge in [0.05, 0.1) is 25.4 Å². The average molecular weight is 511 g/mol. The molecule has 0 aromatic heterocycles. The zero-order valence-corrected chi connectivity index (χ0v) is 21.8. The van der Waals surface area contributed by atoms with Crippen LogP contribution in [0.2, 0.25) is 0 Å². The Morgan fingerprint density at radius 1 is 0.861 bits per heavy atom. The van der Waals surface area contributed by atoms with Gasteiger partial charge < -0.3 is 14.6 Å². The van der Waals surface area contributed by atoms with Crippen LogP contribution in [0, 0.1) is 29.6 Å². The van der Waals surface area contributed by atoms with E-state index in [2.05, 4.69) is 13.2 Å². The largest absolute Gasteiger partial charge is 0.462 e. The molecule has 0 saturated heterocycles. The standard InChI is InChI=1S/C29H44F2O5/c1-20(2)28(33)35-18-26(19-36-29(34)21(3)17-32)25-15-13-24(14-16-25)12-11-23-9-7-22(8-10-23)5-4-6-27(30)31/h6,22-26,32H,1,3-5,7-19H2,2H3. The van der Waals surface area contributed by atoms with E-state index in [1.165, 1.54) is 25.7 Å². The Morgan fingerprint density at radius 3 is 1.81 bits per heavy atom. The first-order valence-electron chi connectivity index (χ1n) is 13.5. The van der Waals surface area contributed by atoms with Crippen LogP contribution in [0.1, 0.15) is 84.0 Å². The summed E-state index contributed by atoms with van der Waals surface area (Å²) >= 11 is 0. The van der Waals surface area contributed by atoms with Gasteiger partial charge in [0, 0.05) is 11.5 Å². The Kier molecular flexibility index (Phi) is 13.4. The third-order valence-electron chi connectivity index (χ3n) is 8.07. The molecule has 2 rings (SSSR count). The van der Waals surface area contributed by atoms with Crippen LogP contribution in [0.4, 0.5) is 8.78 Å². The van der Waals surface area contributed by atoms with Crippen molar-refractivity contribution in [2.24, 2.45) is 29.6 Å². The molecule has 0 aromatic carbocycles. The van der Waals surface area contributed by atoms with Crippen LogP contribution in [0.5, 0.6) is 0 Å². The number of carbonyl (C=O) groups is 2. The van der Waals surface area contributed by atoms with Crippen molar-refractivity contribution in [1.29, 1.82) is 0 Å². The molecule has 7 heteroatoms. The normalized spacial score (nSPS) is 24.9. The van der Waals surface area contributed by atoms with E-state index in [4.69, 9.17) is 14.6 Å². The summed E-state index contributed by atoms with van der Waals surface area (Å²) in [5, 5.41) is 9.09.